The first kappa shape index (κ1) is 25.3. The van der Waals surface area contributed by atoms with Crippen molar-refractivity contribution in [2.24, 2.45) is 0 Å². The molecule has 1 aliphatic rings. The highest BCUT2D eigenvalue weighted by atomic mass is 16.5. The molecule has 1 aliphatic heterocycles. The van der Waals surface area contributed by atoms with Gasteiger partial charge in [0.15, 0.2) is 0 Å². The molecule has 9 heteroatoms. The first-order valence-corrected chi connectivity index (χ1v) is 12.6. The second-order valence-electron chi connectivity index (χ2n) is 9.27. The first-order valence-electron chi connectivity index (χ1n) is 12.6. The third-order valence-electron chi connectivity index (χ3n) is 6.55. The molecule has 0 bridgehead atoms. The number of aromatic nitrogens is 4. The van der Waals surface area contributed by atoms with Gasteiger partial charge in [-0.2, -0.15) is 5.10 Å². The van der Waals surface area contributed by atoms with Crippen LogP contribution in [-0.4, -0.2) is 63.0 Å². The predicted molar refractivity (Wildman–Crippen MR) is 145 cm³/mol. The number of nitrogens with one attached hydrogen (secondary N) is 3. The summed E-state index contributed by atoms with van der Waals surface area (Å²) >= 11 is 0. The van der Waals surface area contributed by atoms with Gasteiger partial charge in [0.05, 0.1) is 37.1 Å². The molecule has 2 aromatic carbocycles. The van der Waals surface area contributed by atoms with E-state index in [0.717, 1.165) is 55.2 Å². The van der Waals surface area contributed by atoms with E-state index in [-0.39, 0.29) is 11.7 Å². The molecule has 9 nitrogen and oxygen atoms in total. The van der Waals surface area contributed by atoms with E-state index in [2.05, 4.69) is 66.5 Å². The number of benzene rings is 2. The van der Waals surface area contributed by atoms with E-state index < -0.39 is 5.56 Å². The topological polar surface area (TPSA) is 119 Å². The molecule has 1 unspecified atom stereocenters. The zero-order valence-corrected chi connectivity index (χ0v) is 21.0. The second kappa shape index (κ2) is 12.2. The van der Waals surface area contributed by atoms with E-state index >= 15 is 0 Å². The fraction of sp³-hybridized carbons (Fsp3) is 0.276. The zero-order valence-electron chi connectivity index (χ0n) is 21.0. The van der Waals surface area contributed by atoms with Gasteiger partial charge in [-0.1, -0.05) is 36.1 Å². The summed E-state index contributed by atoms with van der Waals surface area (Å²) in [5.74, 6) is 5.89. The second-order valence-corrected chi connectivity index (χ2v) is 9.27. The number of morpholine rings is 1. The zero-order chi connectivity index (χ0) is 26.2. The van der Waals surface area contributed by atoms with Crippen LogP contribution in [-0.2, 0) is 17.7 Å². The Balaban J connectivity index is 1.24. The van der Waals surface area contributed by atoms with E-state index in [4.69, 9.17) is 4.74 Å². The van der Waals surface area contributed by atoms with Crippen molar-refractivity contribution in [1.29, 1.82) is 0 Å². The van der Waals surface area contributed by atoms with Gasteiger partial charge in [-0.3, -0.25) is 14.8 Å². The van der Waals surface area contributed by atoms with Gasteiger partial charge in [0.25, 0.3) is 5.56 Å². The molecule has 5 rings (SSSR count). The van der Waals surface area contributed by atoms with Crippen LogP contribution in [0.1, 0.15) is 33.9 Å². The summed E-state index contributed by atoms with van der Waals surface area (Å²) in [6, 6.07) is 16.4. The van der Waals surface area contributed by atoms with E-state index in [1.54, 1.807) is 12.4 Å². The summed E-state index contributed by atoms with van der Waals surface area (Å²) in [5, 5.41) is 20.3. The van der Waals surface area contributed by atoms with E-state index in [1.807, 2.05) is 24.3 Å². The number of anilines is 1. The molecule has 4 N–H and O–H groups in total. The Morgan fingerprint density at radius 3 is 2.37 bits per heavy atom. The lowest BCUT2D eigenvalue weighted by molar-refractivity contribution is 0.0342. The van der Waals surface area contributed by atoms with Crippen molar-refractivity contribution in [1.82, 2.24) is 25.1 Å². The van der Waals surface area contributed by atoms with Gasteiger partial charge in [0, 0.05) is 49.4 Å². The van der Waals surface area contributed by atoms with Crippen molar-refractivity contribution in [2.75, 3.05) is 38.2 Å². The lowest BCUT2D eigenvalue weighted by Crippen LogP contribution is -2.35. The highest BCUT2D eigenvalue weighted by Gasteiger charge is 2.20. The lowest BCUT2D eigenvalue weighted by Gasteiger charge is -2.26. The Morgan fingerprint density at radius 1 is 1.03 bits per heavy atom. The van der Waals surface area contributed by atoms with E-state index in [9.17, 15) is 9.90 Å². The molecule has 0 amide bonds. The van der Waals surface area contributed by atoms with Crippen LogP contribution in [0, 0.1) is 11.8 Å². The van der Waals surface area contributed by atoms with Gasteiger partial charge in [-0.15, -0.1) is 0 Å². The van der Waals surface area contributed by atoms with Gasteiger partial charge in [-0.05, 0) is 41.8 Å². The number of aromatic amines is 2. The highest BCUT2D eigenvalue weighted by Crippen LogP contribution is 2.25. The van der Waals surface area contributed by atoms with E-state index in [1.165, 1.54) is 11.9 Å². The van der Waals surface area contributed by atoms with E-state index in [0.29, 0.717) is 18.7 Å². The molecule has 1 fully saturated rings. The van der Waals surface area contributed by atoms with Crippen molar-refractivity contribution in [2.45, 2.75) is 18.9 Å². The number of H-pyrrole nitrogens is 2. The molecule has 194 valence electrons. The molecule has 0 aliphatic carbocycles. The fourth-order valence-corrected chi connectivity index (χ4v) is 4.42. The normalized spacial score (nSPS) is 14.4. The third-order valence-corrected chi connectivity index (χ3v) is 6.55. The van der Waals surface area contributed by atoms with Crippen LogP contribution in [0.4, 0.5) is 5.69 Å². The molecule has 3 heterocycles. The van der Waals surface area contributed by atoms with Crippen LogP contribution < -0.4 is 10.9 Å². The van der Waals surface area contributed by atoms with Crippen LogP contribution in [0.5, 0.6) is 5.75 Å². The standard InChI is InChI=1S/C29H30N6O3/c36-28-27(31-20-32-29(28)37)25(16-30-26-17-33-34-18-26)15-23-7-3-21(4-8-23)1-2-22-5-9-24(10-6-22)19-35-11-13-38-14-12-35/h3-10,17-18,20,25,30,36H,11-16,19H2,(H,33,34)(H,31,32,37). The molecule has 38 heavy (non-hydrogen) atoms. The third kappa shape index (κ3) is 6.68. The van der Waals surface area contributed by atoms with Crippen LogP contribution in [0.2, 0.25) is 0 Å². The first-order chi connectivity index (χ1) is 18.6. The Bertz CT molecular complexity index is 1430. The molecule has 0 spiro atoms. The molecule has 2 aromatic heterocycles. The summed E-state index contributed by atoms with van der Waals surface area (Å²) in [5.41, 5.74) is 4.83. The van der Waals surface area contributed by atoms with Crippen LogP contribution in [0.25, 0.3) is 0 Å². The average molecular weight is 511 g/mol. The molecule has 0 radical (unpaired) electrons. The SMILES string of the molecule is O=c1[nH]cnc(C(CNc2cn[nH]c2)Cc2ccc(C#Cc3ccc(CN4CCOCC4)cc3)cc2)c1O. The van der Waals surface area contributed by atoms with Gasteiger partial charge in [0.1, 0.15) is 0 Å². The Kier molecular flexibility index (Phi) is 8.13. The largest absolute Gasteiger partial charge is 0.502 e. The predicted octanol–water partition coefficient (Wildman–Crippen LogP) is 2.87. The number of rotatable bonds is 8. The smallest absolute Gasteiger partial charge is 0.293 e. The van der Waals surface area contributed by atoms with Crippen LogP contribution in [0.3, 0.4) is 0 Å². The summed E-state index contributed by atoms with van der Waals surface area (Å²) < 4.78 is 5.42. The summed E-state index contributed by atoms with van der Waals surface area (Å²) in [4.78, 5) is 21.0. The molecule has 1 saturated heterocycles. The van der Waals surface area contributed by atoms with Crippen molar-refractivity contribution < 1.29 is 9.84 Å². The number of ether oxygens (including phenoxy) is 1. The highest BCUT2D eigenvalue weighted by molar-refractivity contribution is 5.44. The van der Waals surface area contributed by atoms with Crippen LogP contribution >= 0.6 is 0 Å². The minimum absolute atomic E-state index is 0.236. The monoisotopic (exact) mass is 510 g/mol. The average Bonchev–Trinajstić information content (AvgIpc) is 3.47. The summed E-state index contributed by atoms with van der Waals surface area (Å²) in [6.45, 7) is 4.95. The minimum Gasteiger partial charge on any atom is -0.502 e. The van der Waals surface area contributed by atoms with Crippen molar-refractivity contribution >= 4 is 5.69 Å². The van der Waals surface area contributed by atoms with Gasteiger partial charge in [-0.25, -0.2) is 4.98 Å². The maximum Gasteiger partial charge on any atom is 0.293 e. The molecule has 0 saturated carbocycles. The van der Waals surface area contributed by atoms with Crippen molar-refractivity contribution in [3.05, 3.63) is 106 Å². The fourth-order valence-electron chi connectivity index (χ4n) is 4.42. The Labute approximate surface area is 220 Å². The Hall–Kier alpha value is -4.39. The molecular formula is C29H30N6O3. The number of nitrogens with zero attached hydrogens (tertiary/aromatic N) is 3. The van der Waals surface area contributed by atoms with Crippen LogP contribution in [0.15, 0.2) is 72.0 Å². The molecular weight excluding hydrogens is 480 g/mol. The van der Waals surface area contributed by atoms with Gasteiger partial charge >= 0.3 is 0 Å². The number of hydrogen-bond acceptors (Lipinski definition) is 7. The van der Waals surface area contributed by atoms with Crippen molar-refractivity contribution in [3.8, 4) is 17.6 Å². The minimum atomic E-state index is -0.553. The number of aromatic hydroxyl groups is 1. The maximum atomic E-state index is 12.0. The van der Waals surface area contributed by atoms with Gasteiger partial charge < -0.3 is 20.1 Å². The quantitative estimate of drug-likeness (QED) is 0.269. The van der Waals surface area contributed by atoms with Crippen molar-refractivity contribution in [3.63, 3.8) is 0 Å². The molecule has 4 aromatic rings. The number of hydrogen-bond donors (Lipinski definition) is 4. The lowest BCUT2D eigenvalue weighted by atomic mass is 9.94. The summed E-state index contributed by atoms with van der Waals surface area (Å²) in [7, 11) is 0. The summed E-state index contributed by atoms with van der Waals surface area (Å²) in [6.07, 6.45) is 5.31. The maximum absolute atomic E-state index is 12.0. The molecule has 1 atom stereocenters. The van der Waals surface area contributed by atoms with Gasteiger partial charge in [0.2, 0.25) is 5.75 Å². The Morgan fingerprint density at radius 2 is 1.71 bits per heavy atom.